The third-order valence-corrected chi connectivity index (χ3v) is 12.5. The first-order valence-corrected chi connectivity index (χ1v) is 13.4. The molecule has 0 N–H and O–H groups in total. The topological polar surface area (TPSA) is 3.01 Å². The second kappa shape index (κ2) is 11.1. The van der Waals surface area contributed by atoms with E-state index in [9.17, 15) is 0 Å². The van der Waals surface area contributed by atoms with Gasteiger partial charge in [0.25, 0.3) is 0 Å². The molecule has 0 spiro atoms. The second-order valence-corrected chi connectivity index (χ2v) is 14.3. The summed E-state index contributed by atoms with van der Waals surface area (Å²) in [6.07, 6.45) is 0. The van der Waals surface area contributed by atoms with Crippen LogP contribution in [0.3, 0.4) is 0 Å². The molecule has 126 valence electrons. The van der Waals surface area contributed by atoms with Crippen LogP contribution in [0.4, 0.5) is 0 Å². The van der Waals surface area contributed by atoms with Crippen molar-refractivity contribution in [3.8, 4) is 0 Å². The third kappa shape index (κ3) is 6.83. The van der Waals surface area contributed by atoms with Gasteiger partial charge in [0.15, 0.2) is 0 Å². The Labute approximate surface area is 178 Å². The molecule has 0 aromatic heterocycles. The third-order valence-electron chi connectivity index (χ3n) is 3.35. The van der Waals surface area contributed by atoms with Gasteiger partial charge in [-0.25, -0.2) is 0 Å². The van der Waals surface area contributed by atoms with Crippen molar-refractivity contribution in [3.63, 3.8) is 0 Å². The molecular formula is C19H17NS4Sn. The molecule has 6 heteroatoms. The van der Waals surface area contributed by atoms with E-state index in [1.165, 1.54) is 10.7 Å². The number of rotatable bonds is 3. The Hall–Kier alpha value is -0.731. The summed E-state index contributed by atoms with van der Waals surface area (Å²) in [6, 6.07) is 32.9. The van der Waals surface area contributed by atoms with Gasteiger partial charge in [-0.05, 0) is 0 Å². The molecule has 0 bridgehead atoms. The molecule has 3 aromatic rings. The molecule has 0 radical (unpaired) electrons. The van der Waals surface area contributed by atoms with E-state index in [2.05, 4.69) is 142 Å². The number of nitrogens with zero attached hydrogens (tertiary/aromatic N) is 1. The van der Waals surface area contributed by atoms with E-state index in [0.29, 0.717) is 4.38 Å². The van der Waals surface area contributed by atoms with Crippen molar-refractivity contribution in [1.82, 2.24) is 0 Å². The van der Waals surface area contributed by atoms with Crippen molar-refractivity contribution < 1.29 is 3.39 Å². The van der Waals surface area contributed by atoms with Crippen molar-refractivity contribution in [2.45, 2.75) is 0 Å². The van der Waals surface area contributed by atoms with Crippen molar-refractivity contribution >= 4 is 85.8 Å². The van der Waals surface area contributed by atoms with E-state index in [0.717, 1.165) is 3.39 Å². The predicted octanol–water partition coefficient (Wildman–Crippen LogP) is 2.34. The molecular weight excluding hydrogens is 489 g/mol. The second-order valence-electron chi connectivity index (χ2n) is 5.03. The maximum absolute atomic E-state index is 4.36. The zero-order valence-electron chi connectivity index (χ0n) is 13.3. The Kier molecular flexibility index (Phi) is 9.12. The van der Waals surface area contributed by atoms with Crippen LogP contribution in [0.2, 0.25) is 0 Å². The molecule has 3 aromatic carbocycles. The molecule has 0 atom stereocenters. The normalized spacial score (nSPS) is 9.52. The Morgan fingerprint density at radius 1 is 0.600 bits per heavy atom. The molecule has 0 unspecified atom stereocenters. The van der Waals surface area contributed by atoms with Crippen LogP contribution in [0, 0.1) is 0 Å². The van der Waals surface area contributed by atoms with Gasteiger partial charge < -0.3 is 29.0 Å². The minimum absolute atomic E-state index is 0.361. The van der Waals surface area contributed by atoms with E-state index in [4.69, 9.17) is 0 Å². The van der Waals surface area contributed by atoms with Crippen LogP contribution in [0.25, 0.3) is 0 Å². The zero-order chi connectivity index (χ0) is 18.1. The van der Waals surface area contributed by atoms with E-state index in [1.807, 2.05) is 0 Å². The fourth-order valence-electron chi connectivity index (χ4n) is 2.31. The Bertz CT molecular complexity index is 684. The van der Waals surface area contributed by atoms with Gasteiger partial charge in [-0.3, -0.25) is 0 Å². The number of hydrogen-bond donors (Lipinski definition) is 2. The molecule has 0 fully saturated rings. The Balaban J connectivity index is 0.000000326. The zero-order valence-corrected chi connectivity index (χ0v) is 19.6. The van der Waals surface area contributed by atoms with Gasteiger partial charge in [0.2, 0.25) is 4.38 Å². The van der Waals surface area contributed by atoms with Gasteiger partial charge in [0.05, 0.1) is 0 Å². The summed E-state index contributed by atoms with van der Waals surface area (Å²) in [6.45, 7) is 0. The molecule has 0 aliphatic carbocycles. The van der Waals surface area contributed by atoms with E-state index >= 15 is 0 Å². The minimum atomic E-state index is -1.98. The number of thiol groups is 2. The molecule has 3 rings (SSSR count). The van der Waals surface area contributed by atoms with Crippen LogP contribution in [0.5, 0.6) is 0 Å². The van der Waals surface area contributed by atoms with Crippen LogP contribution in [-0.2, 0) is 25.6 Å². The molecule has 1 nitrogen and oxygen atoms in total. The summed E-state index contributed by atoms with van der Waals surface area (Å²) >= 11 is 14.1. The van der Waals surface area contributed by atoms with E-state index in [1.54, 1.807) is 0 Å². The molecule has 25 heavy (non-hydrogen) atoms. The molecule has 0 saturated heterocycles. The molecule has 0 heterocycles. The Morgan fingerprint density at radius 3 is 1.04 bits per heavy atom. The molecule has 0 aliphatic heterocycles. The van der Waals surface area contributed by atoms with E-state index < -0.39 is 19.8 Å². The molecule has 0 aliphatic rings. The fourth-order valence-corrected chi connectivity index (χ4v) is 9.67. The first-order chi connectivity index (χ1) is 12.1. The summed E-state index contributed by atoms with van der Waals surface area (Å²) in [5.41, 5.74) is 0. The van der Waals surface area contributed by atoms with Crippen LogP contribution in [0.15, 0.2) is 91.0 Å². The van der Waals surface area contributed by atoms with Crippen LogP contribution in [0.1, 0.15) is 0 Å². The Morgan fingerprint density at radius 2 is 0.840 bits per heavy atom. The monoisotopic (exact) mass is 507 g/mol. The molecule has 0 saturated carbocycles. The van der Waals surface area contributed by atoms with Gasteiger partial charge in [-0.15, -0.1) is 0 Å². The quantitative estimate of drug-likeness (QED) is 0.140. The van der Waals surface area contributed by atoms with E-state index in [-0.39, 0.29) is 0 Å². The average Bonchev–Trinajstić information content (AvgIpc) is 2.65. The summed E-state index contributed by atoms with van der Waals surface area (Å²) in [4.78, 5) is 0. The van der Waals surface area contributed by atoms with Crippen molar-refractivity contribution in [2.75, 3.05) is 0 Å². The first kappa shape index (κ1) is 20.6. The van der Waals surface area contributed by atoms with Crippen molar-refractivity contribution in [1.29, 1.82) is 0 Å². The number of benzene rings is 3. The number of hydrogen-bond acceptors (Lipinski definition) is 2. The fraction of sp³-hybridized carbons (Fsp3) is 0. The van der Waals surface area contributed by atoms with Crippen LogP contribution >= 0.6 is 25.3 Å². The summed E-state index contributed by atoms with van der Waals surface area (Å²) in [7, 11) is 0. The average molecular weight is 506 g/mol. The van der Waals surface area contributed by atoms with Gasteiger partial charge in [0.1, 0.15) is 0 Å². The first-order valence-electron chi connectivity index (χ1n) is 7.52. The molecule has 0 amide bonds. The van der Waals surface area contributed by atoms with Gasteiger partial charge >= 0.3 is 121 Å². The van der Waals surface area contributed by atoms with Gasteiger partial charge in [0, 0.05) is 0 Å². The summed E-state index contributed by atoms with van der Waals surface area (Å²) < 4.78 is 5.93. The van der Waals surface area contributed by atoms with Crippen molar-refractivity contribution in [3.05, 3.63) is 91.0 Å². The van der Waals surface area contributed by atoms with Crippen LogP contribution < -0.4 is 10.7 Å². The summed E-state index contributed by atoms with van der Waals surface area (Å²) in [5.74, 6) is 0. The van der Waals surface area contributed by atoms with Crippen molar-refractivity contribution in [2.24, 2.45) is 0 Å². The maximum atomic E-state index is 4.36. The predicted molar refractivity (Wildman–Crippen MR) is 122 cm³/mol. The summed E-state index contributed by atoms with van der Waals surface area (Å²) in [5, 5.41) is 0. The standard InChI is InChI=1S/3C6H5.CH2NS4.Sn/c3*1-2-4-6-5-3-1;3-1(4)2(5)6;/h3*1-5H;(H2-,3,4,5,6);/q;;;-1;+1. The van der Waals surface area contributed by atoms with Gasteiger partial charge in [-0.1, -0.05) is 25.3 Å². The SMILES string of the molecule is [S-][N+]([S-])=C(S)S.c1cc[c]([Sn+]([c]2ccccc2)[c]2ccccc2)cc1. The van der Waals surface area contributed by atoms with Gasteiger partial charge in [-0.2, -0.15) is 0 Å². The van der Waals surface area contributed by atoms with Crippen LogP contribution in [-0.4, -0.2) is 27.5 Å².